The molecule has 0 atom stereocenters. The van der Waals surface area contributed by atoms with Crippen LogP contribution in [0.3, 0.4) is 0 Å². The van der Waals surface area contributed by atoms with Gasteiger partial charge in [-0.05, 0) is 56.3 Å². The van der Waals surface area contributed by atoms with Crippen molar-refractivity contribution >= 4 is 34.8 Å². The molecule has 0 aliphatic rings. The first kappa shape index (κ1) is 20.4. The summed E-state index contributed by atoms with van der Waals surface area (Å²) in [6.07, 6.45) is 0. The van der Waals surface area contributed by atoms with Gasteiger partial charge in [0.05, 0.1) is 22.6 Å². The molecule has 3 aromatic rings. The molecule has 0 saturated carbocycles. The largest absolute Gasteiger partial charge is 0.489 e. The van der Waals surface area contributed by atoms with Crippen molar-refractivity contribution in [3.05, 3.63) is 70.1 Å². The van der Waals surface area contributed by atoms with E-state index in [1.165, 1.54) is 6.92 Å². The summed E-state index contributed by atoms with van der Waals surface area (Å²) in [5.41, 5.74) is 3.00. The first-order chi connectivity index (χ1) is 13.8. The van der Waals surface area contributed by atoms with E-state index in [-0.39, 0.29) is 11.8 Å². The van der Waals surface area contributed by atoms with Crippen molar-refractivity contribution in [1.29, 1.82) is 0 Å². The number of nitrogens with one attached hydrogen (secondary N) is 2. The fraction of sp³-hybridized carbons (Fsp3) is 0.190. The van der Waals surface area contributed by atoms with E-state index in [0.29, 0.717) is 34.3 Å². The van der Waals surface area contributed by atoms with E-state index in [0.717, 1.165) is 17.0 Å². The Morgan fingerprint density at radius 1 is 1.07 bits per heavy atom. The second-order valence-corrected chi connectivity index (χ2v) is 6.88. The normalized spacial score (nSPS) is 10.5. The highest BCUT2D eigenvalue weighted by atomic mass is 35.5. The summed E-state index contributed by atoms with van der Waals surface area (Å²) in [6.45, 7) is 5.40. The molecule has 0 fully saturated rings. The van der Waals surface area contributed by atoms with Gasteiger partial charge < -0.3 is 19.9 Å². The number of halogens is 1. The lowest BCUT2D eigenvalue weighted by atomic mass is 10.2. The molecule has 1 heterocycles. The number of hydrogen-bond acceptors (Lipinski definition) is 5. The molecule has 2 aromatic carbocycles. The zero-order valence-corrected chi connectivity index (χ0v) is 17.0. The zero-order valence-electron chi connectivity index (χ0n) is 16.2. The summed E-state index contributed by atoms with van der Waals surface area (Å²) in [7, 11) is 0. The lowest BCUT2D eigenvalue weighted by Gasteiger charge is -2.12. The lowest BCUT2D eigenvalue weighted by molar-refractivity contribution is -0.114. The monoisotopic (exact) mass is 413 g/mol. The Labute approximate surface area is 173 Å². The molecule has 0 aliphatic carbocycles. The van der Waals surface area contributed by atoms with Crippen molar-refractivity contribution in [3.8, 4) is 5.75 Å². The third-order valence-corrected chi connectivity index (χ3v) is 4.46. The summed E-state index contributed by atoms with van der Waals surface area (Å²) in [6, 6.07) is 11.6. The van der Waals surface area contributed by atoms with Gasteiger partial charge in [0.15, 0.2) is 0 Å². The molecule has 0 spiro atoms. The highest BCUT2D eigenvalue weighted by Crippen LogP contribution is 2.27. The first-order valence-electron chi connectivity index (χ1n) is 8.86. The first-order valence-corrected chi connectivity index (χ1v) is 9.24. The third kappa shape index (κ3) is 5.14. The topological polar surface area (TPSA) is 93.5 Å². The van der Waals surface area contributed by atoms with Gasteiger partial charge in [0.1, 0.15) is 18.1 Å². The van der Waals surface area contributed by atoms with Crippen LogP contribution < -0.4 is 15.4 Å². The maximum Gasteiger partial charge on any atom is 0.255 e. The van der Waals surface area contributed by atoms with Crippen LogP contribution >= 0.6 is 11.6 Å². The summed E-state index contributed by atoms with van der Waals surface area (Å²) >= 11 is 6.01. The maximum absolute atomic E-state index is 12.6. The fourth-order valence-corrected chi connectivity index (χ4v) is 2.85. The summed E-state index contributed by atoms with van der Waals surface area (Å²) < 4.78 is 10.9. The quantitative estimate of drug-likeness (QED) is 0.609. The van der Waals surface area contributed by atoms with Crippen LogP contribution in [0, 0.1) is 13.8 Å². The molecule has 0 aliphatic heterocycles. The van der Waals surface area contributed by atoms with E-state index >= 15 is 0 Å². The van der Waals surface area contributed by atoms with Gasteiger partial charge in [-0.25, -0.2) is 0 Å². The van der Waals surface area contributed by atoms with E-state index in [1.807, 2.05) is 13.8 Å². The van der Waals surface area contributed by atoms with Crippen LogP contribution in [0.4, 0.5) is 11.4 Å². The summed E-state index contributed by atoms with van der Waals surface area (Å²) in [5, 5.41) is 9.76. The average molecular weight is 414 g/mol. The van der Waals surface area contributed by atoms with Gasteiger partial charge in [0, 0.05) is 17.5 Å². The molecule has 2 N–H and O–H groups in total. The fourth-order valence-electron chi connectivity index (χ4n) is 2.68. The number of hydrogen-bond donors (Lipinski definition) is 2. The van der Waals surface area contributed by atoms with Crippen LogP contribution in [0.5, 0.6) is 5.75 Å². The van der Waals surface area contributed by atoms with Crippen molar-refractivity contribution in [3.63, 3.8) is 0 Å². The van der Waals surface area contributed by atoms with Gasteiger partial charge >= 0.3 is 0 Å². The van der Waals surface area contributed by atoms with Crippen molar-refractivity contribution in [1.82, 2.24) is 5.16 Å². The number of ether oxygens (including phenoxy) is 1. The Bertz CT molecular complexity index is 1030. The van der Waals surface area contributed by atoms with E-state index in [1.54, 1.807) is 42.5 Å². The maximum atomic E-state index is 12.6. The van der Waals surface area contributed by atoms with E-state index < -0.39 is 0 Å². The van der Waals surface area contributed by atoms with Gasteiger partial charge in [-0.15, -0.1) is 0 Å². The Balaban J connectivity index is 1.68. The molecule has 2 amide bonds. The standard InChI is InChI=1S/C21H20ClN3O4/c1-12-18(13(2)29-25-12)11-28-17-7-4-15(5-8-17)21(27)24-20-10-16(22)6-9-19(20)23-14(3)26/h4-10H,11H2,1-3H3,(H,23,26)(H,24,27). The van der Waals surface area contributed by atoms with Gasteiger partial charge in [0.2, 0.25) is 5.91 Å². The van der Waals surface area contributed by atoms with Gasteiger partial charge in [-0.2, -0.15) is 0 Å². The predicted octanol–water partition coefficient (Wildman–Crippen LogP) is 4.73. The van der Waals surface area contributed by atoms with Crippen LogP contribution in [0.15, 0.2) is 47.0 Å². The summed E-state index contributed by atoms with van der Waals surface area (Å²) in [5.74, 6) is 0.747. The minimum Gasteiger partial charge on any atom is -0.489 e. The minimum atomic E-state index is -0.337. The van der Waals surface area contributed by atoms with Crippen LogP contribution in [0.2, 0.25) is 5.02 Å². The molecule has 150 valence electrons. The second kappa shape index (κ2) is 8.79. The number of amides is 2. The number of benzene rings is 2. The molecule has 0 unspecified atom stereocenters. The Kier molecular flexibility index (Phi) is 6.19. The molecule has 1 aromatic heterocycles. The number of anilines is 2. The van der Waals surface area contributed by atoms with Crippen molar-refractivity contribution in [2.75, 3.05) is 10.6 Å². The molecule has 0 saturated heterocycles. The Hall–Kier alpha value is -3.32. The van der Waals surface area contributed by atoms with Crippen LogP contribution in [0.1, 0.15) is 34.3 Å². The second-order valence-electron chi connectivity index (χ2n) is 6.44. The number of nitrogens with zero attached hydrogens (tertiary/aromatic N) is 1. The highest BCUT2D eigenvalue weighted by Gasteiger charge is 2.12. The van der Waals surface area contributed by atoms with Crippen LogP contribution in [-0.4, -0.2) is 17.0 Å². The molecule has 8 heteroatoms. The third-order valence-electron chi connectivity index (χ3n) is 4.22. The average Bonchev–Trinajstić information content (AvgIpc) is 3.00. The smallest absolute Gasteiger partial charge is 0.255 e. The van der Waals surface area contributed by atoms with Gasteiger partial charge in [0.25, 0.3) is 5.91 Å². The number of aryl methyl sites for hydroxylation is 2. The molecular formula is C21H20ClN3O4. The molecule has 0 bridgehead atoms. The molecule has 7 nitrogen and oxygen atoms in total. The number of carbonyl (C=O) groups is 2. The minimum absolute atomic E-state index is 0.248. The van der Waals surface area contributed by atoms with Crippen molar-refractivity contribution < 1.29 is 18.8 Å². The SMILES string of the molecule is CC(=O)Nc1ccc(Cl)cc1NC(=O)c1ccc(OCc2c(C)noc2C)cc1. The van der Waals surface area contributed by atoms with Crippen molar-refractivity contribution in [2.24, 2.45) is 0 Å². The van der Waals surface area contributed by atoms with Gasteiger partial charge in [-0.3, -0.25) is 9.59 Å². The number of rotatable bonds is 6. The zero-order chi connectivity index (χ0) is 21.0. The highest BCUT2D eigenvalue weighted by molar-refractivity contribution is 6.31. The Morgan fingerprint density at radius 2 is 1.79 bits per heavy atom. The molecule has 29 heavy (non-hydrogen) atoms. The number of carbonyl (C=O) groups excluding carboxylic acids is 2. The predicted molar refractivity (Wildman–Crippen MR) is 110 cm³/mol. The number of aromatic nitrogens is 1. The Morgan fingerprint density at radius 3 is 2.41 bits per heavy atom. The molecule has 0 radical (unpaired) electrons. The van der Waals surface area contributed by atoms with Crippen molar-refractivity contribution in [2.45, 2.75) is 27.4 Å². The summed E-state index contributed by atoms with van der Waals surface area (Å²) in [4.78, 5) is 23.9. The molecule has 3 rings (SSSR count). The van der Waals surface area contributed by atoms with E-state index in [4.69, 9.17) is 20.9 Å². The molecular weight excluding hydrogens is 394 g/mol. The van der Waals surface area contributed by atoms with E-state index in [9.17, 15) is 9.59 Å². The van der Waals surface area contributed by atoms with Gasteiger partial charge in [-0.1, -0.05) is 16.8 Å². The van der Waals surface area contributed by atoms with Crippen LogP contribution in [-0.2, 0) is 11.4 Å². The van der Waals surface area contributed by atoms with Crippen LogP contribution in [0.25, 0.3) is 0 Å². The lowest BCUT2D eigenvalue weighted by Crippen LogP contribution is -2.15. The van der Waals surface area contributed by atoms with E-state index in [2.05, 4.69) is 15.8 Å².